The van der Waals surface area contributed by atoms with Crippen molar-refractivity contribution in [2.45, 2.75) is 26.9 Å². The number of nitrogens with one attached hydrogen (secondary N) is 1. The average molecular weight is 233 g/mol. The molecule has 92 valence electrons. The molecule has 0 amide bonds. The van der Waals surface area contributed by atoms with E-state index in [1.165, 1.54) is 17.0 Å². The zero-order chi connectivity index (χ0) is 12.4. The summed E-state index contributed by atoms with van der Waals surface area (Å²) in [4.78, 5) is 0. The summed E-state index contributed by atoms with van der Waals surface area (Å²) in [6.45, 7) is 5.87. The van der Waals surface area contributed by atoms with Crippen molar-refractivity contribution in [3.8, 4) is 0 Å². The molecule has 0 unspecified atom stereocenters. The Bertz CT molecular complexity index is 509. The van der Waals surface area contributed by atoms with Crippen molar-refractivity contribution in [1.82, 2.24) is 24.6 Å². The monoisotopic (exact) mass is 233 g/mol. The molecule has 2 aromatic rings. The van der Waals surface area contributed by atoms with E-state index in [1.54, 1.807) is 6.33 Å². The van der Waals surface area contributed by atoms with E-state index in [0.717, 1.165) is 18.9 Å². The largest absolute Gasteiger partial charge is 0.352 e. The van der Waals surface area contributed by atoms with Crippen LogP contribution in [0.3, 0.4) is 0 Å². The van der Waals surface area contributed by atoms with Gasteiger partial charge < -0.3 is 14.5 Å². The quantitative estimate of drug-likeness (QED) is 0.859. The molecule has 1 N–H and O–H groups in total. The van der Waals surface area contributed by atoms with Gasteiger partial charge in [0.25, 0.3) is 0 Å². The molecule has 0 atom stereocenters. The molecule has 2 rings (SSSR count). The predicted octanol–water partition coefficient (Wildman–Crippen LogP) is 1.06. The average Bonchev–Trinajstić information content (AvgIpc) is 2.80. The van der Waals surface area contributed by atoms with Crippen LogP contribution in [0.2, 0.25) is 0 Å². The third kappa shape index (κ3) is 2.39. The van der Waals surface area contributed by atoms with Crippen molar-refractivity contribution in [2.75, 3.05) is 0 Å². The minimum Gasteiger partial charge on any atom is -0.352 e. The van der Waals surface area contributed by atoms with Crippen LogP contribution in [0.4, 0.5) is 0 Å². The molecule has 0 spiro atoms. The first-order chi connectivity index (χ1) is 8.09. The highest BCUT2D eigenvalue weighted by atomic mass is 15.3. The van der Waals surface area contributed by atoms with E-state index in [9.17, 15) is 0 Å². The topological polar surface area (TPSA) is 47.7 Å². The maximum absolute atomic E-state index is 4.04. The van der Waals surface area contributed by atoms with Gasteiger partial charge in [0.05, 0.1) is 6.54 Å². The highest BCUT2D eigenvalue weighted by Gasteiger charge is 2.06. The Labute approximate surface area is 101 Å². The van der Waals surface area contributed by atoms with E-state index in [2.05, 4.69) is 47.0 Å². The lowest BCUT2D eigenvalue weighted by Crippen LogP contribution is -2.16. The van der Waals surface area contributed by atoms with E-state index < -0.39 is 0 Å². The second kappa shape index (κ2) is 4.71. The van der Waals surface area contributed by atoms with E-state index in [1.807, 2.05) is 11.6 Å². The molecule has 0 bridgehead atoms. The second-order valence-corrected chi connectivity index (χ2v) is 4.42. The lowest BCUT2D eigenvalue weighted by molar-refractivity contribution is 0.634. The summed E-state index contributed by atoms with van der Waals surface area (Å²) in [5, 5.41) is 11.3. The van der Waals surface area contributed by atoms with Crippen LogP contribution in [0.5, 0.6) is 0 Å². The van der Waals surface area contributed by atoms with Gasteiger partial charge in [0.1, 0.15) is 12.2 Å². The number of hydrogen-bond acceptors (Lipinski definition) is 3. The molecule has 0 aliphatic carbocycles. The summed E-state index contributed by atoms with van der Waals surface area (Å²) in [6.07, 6.45) is 1.72. The van der Waals surface area contributed by atoms with Gasteiger partial charge in [-0.15, -0.1) is 10.2 Å². The molecule has 0 aliphatic rings. The van der Waals surface area contributed by atoms with E-state index in [0.29, 0.717) is 0 Å². The van der Waals surface area contributed by atoms with Crippen molar-refractivity contribution >= 4 is 0 Å². The first kappa shape index (κ1) is 11.9. The van der Waals surface area contributed by atoms with Gasteiger partial charge in [-0.1, -0.05) is 0 Å². The molecule has 2 heterocycles. The van der Waals surface area contributed by atoms with E-state index in [4.69, 9.17) is 0 Å². The van der Waals surface area contributed by atoms with Gasteiger partial charge >= 0.3 is 0 Å². The Hall–Kier alpha value is -1.62. The molecule has 0 aliphatic heterocycles. The molecular weight excluding hydrogens is 214 g/mol. The normalized spacial score (nSPS) is 11.1. The molecule has 0 fully saturated rings. The lowest BCUT2D eigenvalue weighted by atomic mass is 10.2. The highest BCUT2D eigenvalue weighted by molar-refractivity contribution is 5.26. The van der Waals surface area contributed by atoms with Crippen LogP contribution >= 0.6 is 0 Å². The van der Waals surface area contributed by atoms with Crippen LogP contribution in [-0.4, -0.2) is 19.3 Å². The summed E-state index contributed by atoms with van der Waals surface area (Å²) >= 11 is 0. The fraction of sp³-hybridized carbons (Fsp3) is 0.500. The van der Waals surface area contributed by atoms with Crippen molar-refractivity contribution in [2.24, 2.45) is 14.1 Å². The van der Waals surface area contributed by atoms with Crippen LogP contribution in [-0.2, 0) is 27.2 Å². The standard InChI is InChI=1S/C12H19N5/c1-9-5-11(10(2)17(9)4)6-13-7-12-15-14-8-16(12)3/h5,8,13H,6-7H2,1-4H3. The summed E-state index contributed by atoms with van der Waals surface area (Å²) < 4.78 is 4.13. The zero-order valence-corrected chi connectivity index (χ0v) is 10.9. The van der Waals surface area contributed by atoms with Crippen LogP contribution < -0.4 is 5.32 Å². The molecule has 0 aromatic carbocycles. The van der Waals surface area contributed by atoms with Gasteiger partial charge in [0.15, 0.2) is 0 Å². The number of hydrogen-bond donors (Lipinski definition) is 1. The van der Waals surface area contributed by atoms with Gasteiger partial charge in [-0.2, -0.15) is 0 Å². The summed E-state index contributed by atoms with van der Waals surface area (Å²) in [7, 11) is 4.05. The number of nitrogens with zero attached hydrogens (tertiary/aromatic N) is 4. The summed E-state index contributed by atoms with van der Waals surface area (Å²) in [6, 6.07) is 2.22. The third-order valence-corrected chi connectivity index (χ3v) is 3.28. The molecule has 0 radical (unpaired) electrons. The Morgan fingerprint density at radius 3 is 2.53 bits per heavy atom. The lowest BCUT2D eigenvalue weighted by Gasteiger charge is -2.05. The number of aryl methyl sites for hydroxylation is 2. The Kier molecular flexibility index (Phi) is 3.28. The van der Waals surface area contributed by atoms with Crippen molar-refractivity contribution in [3.05, 3.63) is 35.2 Å². The van der Waals surface area contributed by atoms with Crippen molar-refractivity contribution < 1.29 is 0 Å². The fourth-order valence-electron chi connectivity index (χ4n) is 1.89. The molecule has 2 aromatic heterocycles. The van der Waals surface area contributed by atoms with Gasteiger partial charge in [-0.25, -0.2) is 0 Å². The van der Waals surface area contributed by atoms with Crippen LogP contribution in [0.25, 0.3) is 0 Å². The third-order valence-electron chi connectivity index (χ3n) is 3.28. The first-order valence-electron chi connectivity index (χ1n) is 5.75. The van der Waals surface area contributed by atoms with E-state index >= 15 is 0 Å². The zero-order valence-electron chi connectivity index (χ0n) is 10.9. The van der Waals surface area contributed by atoms with Crippen LogP contribution in [0.1, 0.15) is 22.8 Å². The van der Waals surface area contributed by atoms with Crippen molar-refractivity contribution in [3.63, 3.8) is 0 Å². The molecule has 0 saturated heterocycles. The molecule has 5 heteroatoms. The van der Waals surface area contributed by atoms with Gasteiger partial charge in [0.2, 0.25) is 0 Å². The highest BCUT2D eigenvalue weighted by Crippen LogP contribution is 2.12. The molecule has 5 nitrogen and oxygen atoms in total. The SMILES string of the molecule is Cc1cc(CNCc2nncn2C)c(C)n1C. The predicted molar refractivity (Wildman–Crippen MR) is 66.4 cm³/mol. The second-order valence-electron chi connectivity index (χ2n) is 4.42. The maximum Gasteiger partial charge on any atom is 0.146 e. The smallest absolute Gasteiger partial charge is 0.146 e. The Morgan fingerprint density at radius 1 is 1.24 bits per heavy atom. The Morgan fingerprint density at radius 2 is 2.00 bits per heavy atom. The van der Waals surface area contributed by atoms with Crippen molar-refractivity contribution in [1.29, 1.82) is 0 Å². The van der Waals surface area contributed by atoms with Gasteiger partial charge in [-0.3, -0.25) is 0 Å². The van der Waals surface area contributed by atoms with Gasteiger partial charge in [-0.05, 0) is 25.5 Å². The Balaban J connectivity index is 1.95. The fourth-order valence-corrected chi connectivity index (χ4v) is 1.89. The summed E-state index contributed by atoms with van der Waals surface area (Å²) in [5.74, 6) is 0.954. The maximum atomic E-state index is 4.04. The van der Waals surface area contributed by atoms with E-state index in [-0.39, 0.29) is 0 Å². The molecular formula is C12H19N5. The minimum absolute atomic E-state index is 0.740. The number of aromatic nitrogens is 4. The van der Waals surface area contributed by atoms with Crippen LogP contribution in [0.15, 0.2) is 12.4 Å². The number of rotatable bonds is 4. The minimum atomic E-state index is 0.740. The van der Waals surface area contributed by atoms with Crippen LogP contribution in [0, 0.1) is 13.8 Å². The molecule has 0 saturated carbocycles. The first-order valence-corrected chi connectivity index (χ1v) is 5.75. The molecule has 17 heavy (non-hydrogen) atoms. The summed E-state index contributed by atoms with van der Waals surface area (Å²) in [5.41, 5.74) is 3.94. The van der Waals surface area contributed by atoms with Gasteiger partial charge in [0, 0.05) is 32.0 Å².